The van der Waals surface area contributed by atoms with Gasteiger partial charge in [-0.05, 0) is 88.4 Å². The topological polar surface area (TPSA) is 38.0 Å². The minimum absolute atomic E-state index is 0.452. The maximum Gasteiger partial charge on any atom is 0.212 e. The van der Waals surface area contributed by atoms with E-state index in [4.69, 9.17) is 6.57 Å². The molecule has 0 radical (unpaired) electrons. The number of nitrogens with zero attached hydrogens (tertiary/aromatic N) is 4. The van der Waals surface area contributed by atoms with Crippen LogP contribution in [0.4, 0.5) is 5.69 Å². The summed E-state index contributed by atoms with van der Waals surface area (Å²) in [6, 6.07) is 32.0. The maximum atomic E-state index is 10.3. The highest BCUT2D eigenvalue weighted by molar-refractivity contribution is 6.11. The molecule has 0 amide bonds. The van der Waals surface area contributed by atoms with Crippen molar-refractivity contribution >= 4 is 49.3 Å². The third-order valence-electron chi connectivity index (χ3n) is 7.97. The van der Waals surface area contributed by atoms with Crippen LogP contribution in [0.25, 0.3) is 59.8 Å². The Bertz CT molecular complexity index is 2000. The molecule has 0 fully saturated rings. The first-order valence-electron chi connectivity index (χ1n) is 13.4. The summed E-state index contributed by atoms with van der Waals surface area (Å²) in [5, 5.41) is 14.9. The summed E-state index contributed by atoms with van der Waals surface area (Å²) in [4.78, 5) is 3.92. The van der Waals surface area contributed by atoms with Gasteiger partial charge in [-0.2, -0.15) is 5.26 Å². The molecular formula is C36H26N4. The summed E-state index contributed by atoms with van der Waals surface area (Å²) < 4.78 is 4.37. The minimum atomic E-state index is 0.452. The number of hydrogen-bond donors (Lipinski definition) is 0. The van der Waals surface area contributed by atoms with Gasteiger partial charge in [0.05, 0.1) is 51.6 Å². The normalized spacial score (nSPS) is 11.4. The fourth-order valence-electron chi connectivity index (χ4n) is 6.13. The Labute approximate surface area is 232 Å². The molecule has 2 aromatic heterocycles. The first-order valence-corrected chi connectivity index (χ1v) is 13.4. The highest BCUT2D eigenvalue weighted by atomic mass is 15.0. The SMILES string of the molecule is [C-]#[N+]c1cc(C#N)c(-n2c3ccc(C)cc3c3cc(C)ccc32)cc1-n1c2ccc(C)cc2c2cc(C)ccc21. The van der Waals surface area contributed by atoms with Gasteiger partial charge in [-0.1, -0.05) is 46.5 Å². The van der Waals surface area contributed by atoms with Crippen LogP contribution in [0.3, 0.4) is 0 Å². The predicted octanol–water partition coefficient (Wildman–Crippen LogP) is 9.54. The van der Waals surface area contributed by atoms with Crippen molar-refractivity contribution in [3.05, 3.63) is 124 Å². The van der Waals surface area contributed by atoms with E-state index in [0.717, 1.165) is 55.0 Å². The molecule has 5 aromatic carbocycles. The highest BCUT2D eigenvalue weighted by Crippen LogP contribution is 2.40. The van der Waals surface area contributed by atoms with Crippen molar-refractivity contribution in [3.8, 4) is 17.4 Å². The molecule has 2 heterocycles. The molecule has 0 saturated carbocycles. The number of aromatic nitrogens is 2. The molecule has 7 rings (SSSR count). The van der Waals surface area contributed by atoms with E-state index in [1.807, 2.05) is 6.07 Å². The molecule has 4 heteroatoms. The molecule has 0 bridgehead atoms. The van der Waals surface area contributed by atoms with Gasteiger partial charge >= 0.3 is 0 Å². The second-order valence-corrected chi connectivity index (χ2v) is 10.8. The monoisotopic (exact) mass is 514 g/mol. The molecule has 0 N–H and O–H groups in total. The first kappa shape index (κ1) is 23.8. The van der Waals surface area contributed by atoms with Crippen LogP contribution in [-0.4, -0.2) is 9.13 Å². The molecule has 40 heavy (non-hydrogen) atoms. The van der Waals surface area contributed by atoms with Crippen LogP contribution in [-0.2, 0) is 0 Å². The van der Waals surface area contributed by atoms with Gasteiger partial charge in [-0.3, -0.25) is 0 Å². The summed E-state index contributed by atoms with van der Waals surface area (Å²) in [6.45, 7) is 16.5. The molecule has 0 aliphatic heterocycles. The molecule has 0 spiro atoms. The number of fused-ring (bicyclic) bond motifs is 6. The zero-order valence-corrected chi connectivity index (χ0v) is 22.9. The second-order valence-electron chi connectivity index (χ2n) is 10.8. The zero-order valence-electron chi connectivity index (χ0n) is 22.9. The quantitative estimate of drug-likeness (QED) is 0.212. The van der Waals surface area contributed by atoms with Crippen LogP contribution >= 0.6 is 0 Å². The number of benzene rings is 5. The third-order valence-corrected chi connectivity index (χ3v) is 7.97. The van der Waals surface area contributed by atoms with Gasteiger partial charge in [-0.25, -0.2) is 4.85 Å². The third kappa shape index (κ3) is 3.37. The van der Waals surface area contributed by atoms with Gasteiger partial charge in [0, 0.05) is 21.5 Å². The van der Waals surface area contributed by atoms with Crippen LogP contribution in [0.1, 0.15) is 27.8 Å². The van der Waals surface area contributed by atoms with E-state index in [9.17, 15) is 5.26 Å². The Morgan fingerprint density at radius 2 is 0.925 bits per heavy atom. The Morgan fingerprint density at radius 3 is 1.27 bits per heavy atom. The highest BCUT2D eigenvalue weighted by Gasteiger charge is 2.21. The van der Waals surface area contributed by atoms with E-state index in [-0.39, 0.29) is 0 Å². The van der Waals surface area contributed by atoms with Gasteiger partial charge < -0.3 is 9.13 Å². The summed E-state index contributed by atoms with van der Waals surface area (Å²) in [7, 11) is 0. The zero-order chi connectivity index (χ0) is 27.7. The van der Waals surface area contributed by atoms with E-state index in [1.165, 1.54) is 22.3 Å². The summed E-state index contributed by atoms with van der Waals surface area (Å²) in [6.07, 6.45) is 0. The molecule has 0 unspecified atom stereocenters. The van der Waals surface area contributed by atoms with Crippen LogP contribution in [0, 0.1) is 45.6 Å². The van der Waals surface area contributed by atoms with E-state index >= 15 is 0 Å². The van der Waals surface area contributed by atoms with Crippen LogP contribution in [0.5, 0.6) is 0 Å². The molecule has 7 aromatic rings. The lowest BCUT2D eigenvalue weighted by Crippen LogP contribution is -2.02. The Morgan fingerprint density at radius 1 is 0.550 bits per heavy atom. The summed E-state index contributed by atoms with van der Waals surface area (Å²) in [5.41, 5.74) is 11.4. The molecule has 0 aliphatic carbocycles. The van der Waals surface area contributed by atoms with Crippen molar-refractivity contribution in [2.24, 2.45) is 0 Å². The molecule has 0 aliphatic rings. The number of nitriles is 1. The summed E-state index contributed by atoms with van der Waals surface area (Å²) >= 11 is 0. The van der Waals surface area contributed by atoms with Crippen molar-refractivity contribution < 1.29 is 0 Å². The van der Waals surface area contributed by atoms with E-state index < -0.39 is 0 Å². The fraction of sp³-hybridized carbons (Fsp3) is 0.111. The molecular weight excluding hydrogens is 488 g/mol. The second kappa shape index (κ2) is 8.60. The number of aryl methyl sites for hydroxylation is 4. The van der Waals surface area contributed by atoms with Crippen molar-refractivity contribution in [1.29, 1.82) is 5.26 Å². The fourth-order valence-corrected chi connectivity index (χ4v) is 6.13. The van der Waals surface area contributed by atoms with Crippen LogP contribution in [0.2, 0.25) is 0 Å². The lowest BCUT2D eigenvalue weighted by Gasteiger charge is -2.16. The average molecular weight is 515 g/mol. The van der Waals surface area contributed by atoms with Crippen molar-refractivity contribution in [2.75, 3.05) is 0 Å². The average Bonchev–Trinajstić information content (AvgIpc) is 3.43. The van der Waals surface area contributed by atoms with Gasteiger partial charge in [0.1, 0.15) is 0 Å². The van der Waals surface area contributed by atoms with Gasteiger partial charge in [-0.15, -0.1) is 0 Å². The number of hydrogen-bond acceptors (Lipinski definition) is 1. The standard InChI is InChI=1S/C36H26N4/c1-21-6-10-31-26(14-21)27-15-22(2)7-11-32(27)39(31)35-19-36(30(38-5)18-25(35)20-37)40-33-12-8-23(3)16-28(33)29-17-24(4)9-13-34(29)40/h6-19H,1-4H3. The van der Waals surface area contributed by atoms with Gasteiger partial charge in [0.2, 0.25) is 5.69 Å². The Hall–Kier alpha value is -5.32. The first-order chi connectivity index (χ1) is 19.4. The lowest BCUT2D eigenvalue weighted by molar-refractivity contribution is 1.13. The van der Waals surface area contributed by atoms with Crippen molar-refractivity contribution in [2.45, 2.75) is 27.7 Å². The Balaban J connectivity index is 1.64. The van der Waals surface area contributed by atoms with Gasteiger partial charge in [0.15, 0.2) is 0 Å². The lowest BCUT2D eigenvalue weighted by atomic mass is 10.1. The van der Waals surface area contributed by atoms with Crippen molar-refractivity contribution in [1.82, 2.24) is 9.13 Å². The van der Waals surface area contributed by atoms with E-state index in [1.54, 1.807) is 6.07 Å². The predicted molar refractivity (Wildman–Crippen MR) is 165 cm³/mol. The Kier molecular flexibility index (Phi) is 5.11. The van der Waals surface area contributed by atoms with Gasteiger partial charge in [0.25, 0.3) is 0 Å². The smallest absolute Gasteiger partial charge is 0.212 e. The molecule has 0 saturated heterocycles. The molecule has 0 atom stereocenters. The van der Waals surface area contributed by atoms with Crippen LogP contribution < -0.4 is 0 Å². The maximum absolute atomic E-state index is 10.3. The molecule has 190 valence electrons. The number of rotatable bonds is 2. The summed E-state index contributed by atoms with van der Waals surface area (Å²) in [5.74, 6) is 0. The van der Waals surface area contributed by atoms with E-state index in [2.05, 4.69) is 121 Å². The van der Waals surface area contributed by atoms with Crippen LogP contribution in [0.15, 0.2) is 84.9 Å². The van der Waals surface area contributed by atoms with E-state index in [0.29, 0.717) is 11.3 Å². The molecule has 4 nitrogen and oxygen atoms in total. The minimum Gasteiger partial charge on any atom is -0.319 e. The largest absolute Gasteiger partial charge is 0.319 e. The van der Waals surface area contributed by atoms with Crippen molar-refractivity contribution in [3.63, 3.8) is 0 Å².